The van der Waals surface area contributed by atoms with Gasteiger partial charge in [0.25, 0.3) is 5.91 Å². The van der Waals surface area contributed by atoms with Gasteiger partial charge in [-0.05, 0) is 42.8 Å². The van der Waals surface area contributed by atoms with Crippen LogP contribution < -0.4 is 0 Å². The van der Waals surface area contributed by atoms with Gasteiger partial charge in [-0.1, -0.05) is 24.3 Å². The molecule has 1 aliphatic heterocycles. The number of halogens is 1. The first kappa shape index (κ1) is 17.1. The number of amides is 1. The van der Waals surface area contributed by atoms with E-state index in [4.69, 9.17) is 5.26 Å². The maximum absolute atomic E-state index is 13.6. The molecule has 5 heteroatoms. The molecule has 0 saturated heterocycles. The summed E-state index contributed by atoms with van der Waals surface area (Å²) in [7, 11) is 3.77. The zero-order valence-electron chi connectivity index (χ0n) is 14.4. The van der Waals surface area contributed by atoms with E-state index in [0.717, 1.165) is 19.0 Å². The highest BCUT2D eigenvalue weighted by Crippen LogP contribution is 2.22. The van der Waals surface area contributed by atoms with Gasteiger partial charge in [0.15, 0.2) is 0 Å². The fourth-order valence-corrected chi connectivity index (χ4v) is 3.32. The molecular weight excluding hydrogens is 317 g/mol. The summed E-state index contributed by atoms with van der Waals surface area (Å²) in [5, 5.41) is 8.95. The highest BCUT2D eigenvalue weighted by Gasteiger charge is 2.26. The van der Waals surface area contributed by atoms with Crippen LogP contribution in [0.2, 0.25) is 0 Å². The van der Waals surface area contributed by atoms with E-state index in [1.54, 1.807) is 11.9 Å². The Labute approximate surface area is 147 Å². The van der Waals surface area contributed by atoms with Gasteiger partial charge in [0.05, 0.1) is 11.6 Å². The van der Waals surface area contributed by atoms with Crippen molar-refractivity contribution in [3.63, 3.8) is 0 Å². The molecule has 2 aromatic rings. The third-order valence-electron chi connectivity index (χ3n) is 4.72. The molecule has 3 rings (SSSR count). The Balaban J connectivity index is 1.74. The van der Waals surface area contributed by atoms with Crippen LogP contribution in [0.4, 0.5) is 4.39 Å². The van der Waals surface area contributed by atoms with Crippen LogP contribution >= 0.6 is 0 Å². The number of carbonyl (C=O) groups excluding carboxylic acids is 1. The second kappa shape index (κ2) is 7.04. The lowest BCUT2D eigenvalue weighted by Gasteiger charge is -2.36. The summed E-state index contributed by atoms with van der Waals surface area (Å²) in [6.07, 6.45) is 0.872. The van der Waals surface area contributed by atoms with Crippen LogP contribution in [0.3, 0.4) is 0 Å². The minimum Gasteiger partial charge on any atom is -0.340 e. The summed E-state index contributed by atoms with van der Waals surface area (Å²) < 4.78 is 13.6. The molecule has 1 atom stereocenters. The van der Waals surface area contributed by atoms with Crippen molar-refractivity contribution in [1.29, 1.82) is 5.26 Å². The summed E-state index contributed by atoms with van der Waals surface area (Å²) in [5.41, 5.74) is 2.99. The first-order chi connectivity index (χ1) is 12.0. The lowest BCUT2D eigenvalue weighted by molar-refractivity contribution is 0.0733. The van der Waals surface area contributed by atoms with E-state index in [0.29, 0.717) is 6.54 Å². The molecule has 0 spiro atoms. The van der Waals surface area contributed by atoms with Crippen molar-refractivity contribution in [1.82, 2.24) is 9.80 Å². The molecule has 0 fully saturated rings. The Hall–Kier alpha value is -2.71. The molecule has 1 aliphatic rings. The van der Waals surface area contributed by atoms with Gasteiger partial charge in [0, 0.05) is 31.7 Å². The van der Waals surface area contributed by atoms with Crippen LogP contribution in [-0.4, -0.2) is 42.4 Å². The van der Waals surface area contributed by atoms with E-state index in [-0.39, 0.29) is 23.1 Å². The monoisotopic (exact) mass is 337 g/mol. The van der Waals surface area contributed by atoms with Crippen molar-refractivity contribution in [2.24, 2.45) is 0 Å². The molecule has 128 valence electrons. The van der Waals surface area contributed by atoms with Crippen LogP contribution in [-0.2, 0) is 13.0 Å². The second-order valence-electron chi connectivity index (χ2n) is 6.57. The predicted octanol–water partition coefficient (Wildman–Crippen LogP) is 2.83. The van der Waals surface area contributed by atoms with Crippen LogP contribution in [0.5, 0.6) is 0 Å². The molecule has 0 N–H and O–H groups in total. The van der Waals surface area contributed by atoms with E-state index >= 15 is 0 Å². The number of fused-ring (bicyclic) bond motifs is 1. The third-order valence-corrected chi connectivity index (χ3v) is 4.72. The normalized spacial score (nSPS) is 16.8. The maximum Gasteiger partial charge on any atom is 0.253 e. The van der Waals surface area contributed by atoms with Crippen LogP contribution in [0, 0.1) is 17.1 Å². The van der Waals surface area contributed by atoms with Gasteiger partial charge >= 0.3 is 0 Å². The number of nitriles is 1. The maximum atomic E-state index is 13.6. The van der Waals surface area contributed by atoms with Crippen molar-refractivity contribution in [2.75, 3.05) is 20.6 Å². The Bertz CT molecular complexity index is 843. The number of benzene rings is 2. The van der Waals surface area contributed by atoms with Crippen LogP contribution in [0.15, 0.2) is 42.5 Å². The molecule has 2 aromatic carbocycles. The van der Waals surface area contributed by atoms with E-state index in [9.17, 15) is 9.18 Å². The van der Waals surface area contributed by atoms with Crippen molar-refractivity contribution in [3.8, 4) is 6.07 Å². The summed E-state index contributed by atoms with van der Waals surface area (Å²) in [6.45, 7) is 1.39. The quantitative estimate of drug-likeness (QED) is 0.865. The van der Waals surface area contributed by atoms with Crippen LogP contribution in [0.1, 0.15) is 27.0 Å². The smallest absolute Gasteiger partial charge is 0.253 e. The van der Waals surface area contributed by atoms with E-state index in [1.165, 1.54) is 23.3 Å². The Kier molecular flexibility index (Phi) is 4.82. The number of hydrogen-bond donors (Lipinski definition) is 0. The Morgan fingerprint density at radius 3 is 2.76 bits per heavy atom. The lowest BCUT2D eigenvalue weighted by atomic mass is 9.94. The molecule has 0 bridgehead atoms. The first-order valence-corrected chi connectivity index (χ1v) is 8.21. The number of nitrogens with zero attached hydrogens (tertiary/aromatic N) is 3. The molecule has 0 radical (unpaired) electrons. The van der Waals surface area contributed by atoms with Gasteiger partial charge in [-0.25, -0.2) is 4.39 Å². The Morgan fingerprint density at radius 2 is 2.04 bits per heavy atom. The SMILES string of the molecule is CN(CC1Cc2ccccc2CN1C)C(=O)c1cc(F)cc(C#N)c1. The van der Waals surface area contributed by atoms with E-state index in [2.05, 4.69) is 24.1 Å². The molecule has 1 amide bonds. The van der Waals surface area contributed by atoms with Gasteiger partial charge in [-0.2, -0.15) is 5.26 Å². The van der Waals surface area contributed by atoms with Crippen LogP contribution in [0.25, 0.3) is 0 Å². The van der Waals surface area contributed by atoms with Crippen molar-refractivity contribution in [3.05, 3.63) is 70.5 Å². The number of carbonyl (C=O) groups is 1. The zero-order chi connectivity index (χ0) is 18.0. The molecule has 0 aromatic heterocycles. The molecule has 1 unspecified atom stereocenters. The minimum atomic E-state index is -0.570. The van der Waals surface area contributed by atoms with Crippen molar-refractivity contribution < 1.29 is 9.18 Å². The summed E-state index contributed by atoms with van der Waals surface area (Å²) >= 11 is 0. The zero-order valence-corrected chi connectivity index (χ0v) is 14.4. The number of rotatable bonds is 3. The first-order valence-electron chi connectivity index (χ1n) is 8.21. The van der Waals surface area contributed by atoms with E-state index < -0.39 is 5.82 Å². The van der Waals surface area contributed by atoms with Gasteiger partial charge in [0.1, 0.15) is 5.82 Å². The fraction of sp³-hybridized carbons (Fsp3) is 0.300. The average molecular weight is 337 g/mol. The summed E-state index contributed by atoms with van der Waals surface area (Å²) in [6, 6.07) is 14.2. The topological polar surface area (TPSA) is 47.3 Å². The second-order valence-corrected chi connectivity index (χ2v) is 6.57. The molecular formula is C20H20FN3O. The minimum absolute atomic E-state index is 0.153. The standard InChI is InChI=1S/C20H20FN3O/c1-23-12-16-6-4-3-5-15(16)10-19(23)13-24(2)20(25)17-7-14(11-22)8-18(21)9-17/h3-9,19H,10,12-13H2,1-2H3. The lowest BCUT2D eigenvalue weighted by Crippen LogP contribution is -2.46. The third kappa shape index (κ3) is 3.70. The van der Waals surface area contributed by atoms with E-state index in [1.807, 2.05) is 18.2 Å². The van der Waals surface area contributed by atoms with Gasteiger partial charge < -0.3 is 4.90 Å². The number of hydrogen-bond acceptors (Lipinski definition) is 3. The summed E-state index contributed by atoms with van der Waals surface area (Å²) in [4.78, 5) is 16.5. The molecule has 0 aliphatic carbocycles. The fourth-order valence-electron chi connectivity index (χ4n) is 3.32. The summed E-state index contributed by atoms with van der Waals surface area (Å²) in [5.74, 6) is -0.845. The van der Waals surface area contributed by atoms with Gasteiger partial charge in [-0.3, -0.25) is 9.69 Å². The Morgan fingerprint density at radius 1 is 1.32 bits per heavy atom. The molecule has 25 heavy (non-hydrogen) atoms. The highest BCUT2D eigenvalue weighted by molar-refractivity contribution is 5.94. The largest absolute Gasteiger partial charge is 0.340 e. The van der Waals surface area contributed by atoms with Gasteiger partial charge in [0.2, 0.25) is 0 Å². The average Bonchev–Trinajstić information content (AvgIpc) is 2.61. The van der Waals surface area contributed by atoms with Crippen molar-refractivity contribution >= 4 is 5.91 Å². The highest BCUT2D eigenvalue weighted by atomic mass is 19.1. The predicted molar refractivity (Wildman–Crippen MR) is 93.5 cm³/mol. The number of likely N-dealkylation sites (N-methyl/N-ethyl adjacent to an activating group) is 2. The van der Waals surface area contributed by atoms with Gasteiger partial charge in [-0.15, -0.1) is 0 Å². The van der Waals surface area contributed by atoms with Crippen molar-refractivity contribution in [2.45, 2.75) is 19.0 Å². The molecule has 0 saturated carbocycles. The molecule has 4 nitrogen and oxygen atoms in total. The molecule has 1 heterocycles.